The highest BCUT2D eigenvalue weighted by Crippen LogP contribution is 2.19. The maximum absolute atomic E-state index is 12.1. The Balaban J connectivity index is 1.44. The molecule has 0 aliphatic carbocycles. The molecule has 7 heteroatoms. The summed E-state index contributed by atoms with van der Waals surface area (Å²) in [4.78, 5) is 24.1. The number of anilines is 1. The van der Waals surface area contributed by atoms with E-state index in [9.17, 15) is 9.59 Å². The van der Waals surface area contributed by atoms with Crippen molar-refractivity contribution in [2.75, 3.05) is 5.32 Å². The van der Waals surface area contributed by atoms with E-state index in [0.717, 1.165) is 23.1 Å². The lowest BCUT2D eigenvalue weighted by Crippen LogP contribution is -2.25. The second kappa shape index (κ2) is 11.7. The molecule has 3 aromatic carbocycles. The average Bonchev–Trinajstić information content (AvgIpc) is 2.79. The molecular formula is C25H24ClN3O3. The Hall–Kier alpha value is -3.64. The maximum atomic E-state index is 12.1. The predicted molar refractivity (Wildman–Crippen MR) is 127 cm³/mol. The number of hydrogen-bond donors (Lipinski definition) is 2. The summed E-state index contributed by atoms with van der Waals surface area (Å²) in [6.07, 6.45) is 1.97. The Morgan fingerprint density at radius 2 is 1.62 bits per heavy atom. The summed E-state index contributed by atoms with van der Waals surface area (Å²) in [5.41, 5.74) is 5.78. The minimum Gasteiger partial charge on any atom is -0.489 e. The van der Waals surface area contributed by atoms with Gasteiger partial charge in [-0.25, -0.2) is 5.43 Å². The van der Waals surface area contributed by atoms with Gasteiger partial charge in [0.15, 0.2) is 0 Å². The van der Waals surface area contributed by atoms with Crippen molar-refractivity contribution in [1.29, 1.82) is 0 Å². The molecule has 0 radical (unpaired) electrons. The van der Waals surface area contributed by atoms with E-state index in [4.69, 9.17) is 16.3 Å². The largest absolute Gasteiger partial charge is 0.489 e. The number of nitrogens with zero attached hydrogens (tertiary/aromatic N) is 1. The monoisotopic (exact) mass is 449 g/mol. The van der Waals surface area contributed by atoms with Gasteiger partial charge in [0.05, 0.1) is 6.21 Å². The third-order valence-corrected chi connectivity index (χ3v) is 5.00. The van der Waals surface area contributed by atoms with Gasteiger partial charge in [0, 0.05) is 16.3 Å². The molecule has 2 N–H and O–H groups in total. The molecule has 0 unspecified atom stereocenters. The first-order valence-electron chi connectivity index (χ1n) is 10.2. The number of nitrogens with one attached hydrogen (secondary N) is 2. The zero-order valence-corrected chi connectivity index (χ0v) is 18.4. The van der Waals surface area contributed by atoms with Crippen molar-refractivity contribution in [3.8, 4) is 5.75 Å². The van der Waals surface area contributed by atoms with Crippen molar-refractivity contribution in [3.63, 3.8) is 0 Å². The first kappa shape index (κ1) is 23.0. The summed E-state index contributed by atoms with van der Waals surface area (Å²) in [6.45, 7) is 2.37. The van der Waals surface area contributed by atoms with E-state index in [1.165, 1.54) is 6.21 Å². The summed E-state index contributed by atoms with van der Waals surface area (Å²) in [5, 5.41) is 7.33. The van der Waals surface area contributed by atoms with Crippen LogP contribution in [0.4, 0.5) is 5.69 Å². The highest BCUT2D eigenvalue weighted by molar-refractivity contribution is 6.31. The SMILES string of the molecule is CCc1ccccc1NC(=O)CC(=O)NN=Cc1ccc(OCc2ccccc2Cl)cc1. The van der Waals surface area contributed by atoms with Crippen LogP contribution in [-0.4, -0.2) is 18.0 Å². The summed E-state index contributed by atoms with van der Waals surface area (Å²) < 4.78 is 5.74. The minimum absolute atomic E-state index is 0.315. The van der Waals surface area contributed by atoms with Crippen LogP contribution < -0.4 is 15.5 Å². The van der Waals surface area contributed by atoms with E-state index in [0.29, 0.717) is 23.1 Å². The van der Waals surface area contributed by atoms with Crippen LogP contribution in [-0.2, 0) is 22.6 Å². The van der Waals surface area contributed by atoms with Crippen molar-refractivity contribution in [3.05, 3.63) is 94.5 Å². The number of ether oxygens (including phenoxy) is 1. The summed E-state index contributed by atoms with van der Waals surface area (Å²) in [7, 11) is 0. The summed E-state index contributed by atoms with van der Waals surface area (Å²) in [6, 6.07) is 22.2. The fourth-order valence-corrected chi connectivity index (χ4v) is 3.13. The quantitative estimate of drug-likeness (QED) is 0.275. The number of hydrogen-bond acceptors (Lipinski definition) is 4. The molecule has 0 bridgehead atoms. The van der Waals surface area contributed by atoms with Crippen LogP contribution >= 0.6 is 11.6 Å². The van der Waals surface area contributed by atoms with Gasteiger partial charge in [-0.05, 0) is 53.9 Å². The smallest absolute Gasteiger partial charge is 0.249 e. The molecule has 0 saturated carbocycles. The van der Waals surface area contributed by atoms with Crippen LogP contribution in [0, 0.1) is 0 Å². The third-order valence-electron chi connectivity index (χ3n) is 4.63. The van der Waals surface area contributed by atoms with Crippen LogP contribution in [0.5, 0.6) is 5.75 Å². The van der Waals surface area contributed by atoms with Crippen molar-refractivity contribution in [2.45, 2.75) is 26.4 Å². The molecule has 0 aliphatic heterocycles. The average molecular weight is 450 g/mol. The molecule has 0 aromatic heterocycles. The standard InChI is InChI=1S/C25H24ClN3O3/c1-2-19-7-4-6-10-23(19)28-24(30)15-25(31)29-27-16-18-11-13-21(14-12-18)32-17-20-8-3-5-9-22(20)26/h3-14,16H,2,15,17H2,1H3,(H,28,30)(H,29,31). The van der Waals surface area contributed by atoms with Gasteiger partial charge in [0.1, 0.15) is 18.8 Å². The normalized spacial score (nSPS) is 10.7. The molecule has 0 fully saturated rings. The second-order valence-corrected chi connectivity index (χ2v) is 7.39. The van der Waals surface area contributed by atoms with Gasteiger partial charge < -0.3 is 10.1 Å². The zero-order valence-electron chi connectivity index (χ0n) is 17.7. The van der Waals surface area contributed by atoms with Crippen molar-refractivity contribution in [2.24, 2.45) is 5.10 Å². The molecule has 164 valence electrons. The summed E-state index contributed by atoms with van der Waals surface area (Å²) in [5.74, 6) is -0.193. The van der Waals surface area contributed by atoms with Crippen molar-refractivity contribution < 1.29 is 14.3 Å². The fourth-order valence-electron chi connectivity index (χ4n) is 2.94. The number of benzene rings is 3. The van der Waals surface area contributed by atoms with Gasteiger partial charge >= 0.3 is 0 Å². The lowest BCUT2D eigenvalue weighted by Gasteiger charge is -2.09. The number of carbonyl (C=O) groups excluding carboxylic acids is 2. The number of para-hydroxylation sites is 1. The van der Waals surface area contributed by atoms with E-state index in [1.54, 1.807) is 12.1 Å². The lowest BCUT2D eigenvalue weighted by atomic mass is 10.1. The molecule has 6 nitrogen and oxygen atoms in total. The number of hydrazone groups is 1. The Morgan fingerprint density at radius 1 is 0.938 bits per heavy atom. The third kappa shape index (κ3) is 6.96. The van der Waals surface area contributed by atoms with E-state index >= 15 is 0 Å². The van der Waals surface area contributed by atoms with Crippen LogP contribution in [0.2, 0.25) is 5.02 Å². The summed E-state index contributed by atoms with van der Waals surface area (Å²) >= 11 is 6.13. The van der Waals surface area contributed by atoms with Crippen molar-refractivity contribution >= 4 is 35.3 Å². The highest BCUT2D eigenvalue weighted by Gasteiger charge is 2.10. The van der Waals surface area contributed by atoms with Crippen LogP contribution in [0.3, 0.4) is 0 Å². The molecule has 0 heterocycles. The fraction of sp³-hybridized carbons (Fsp3) is 0.160. The van der Waals surface area contributed by atoms with Gasteiger partial charge in [-0.15, -0.1) is 0 Å². The van der Waals surface area contributed by atoms with Gasteiger partial charge in [-0.1, -0.05) is 54.9 Å². The molecule has 0 saturated heterocycles. The highest BCUT2D eigenvalue weighted by atomic mass is 35.5. The number of amides is 2. The molecule has 0 atom stereocenters. The molecule has 3 rings (SSSR count). The predicted octanol–water partition coefficient (Wildman–Crippen LogP) is 4.96. The number of carbonyl (C=O) groups is 2. The first-order valence-corrected chi connectivity index (χ1v) is 10.6. The zero-order chi connectivity index (χ0) is 22.8. The Morgan fingerprint density at radius 3 is 2.34 bits per heavy atom. The first-order chi connectivity index (χ1) is 15.5. The van der Waals surface area contributed by atoms with Gasteiger partial charge in [0.2, 0.25) is 11.8 Å². The number of halogens is 1. The number of rotatable bonds is 9. The van der Waals surface area contributed by atoms with E-state index < -0.39 is 11.8 Å². The van der Waals surface area contributed by atoms with Crippen LogP contribution in [0.1, 0.15) is 30.0 Å². The maximum Gasteiger partial charge on any atom is 0.249 e. The van der Waals surface area contributed by atoms with Crippen LogP contribution in [0.25, 0.3) is 0 Å². The van der Waals surface area contributed by atoms with E-state index in [2.05, 4.69) is 15.8 Å². The van der Waals surface area contributed by atoms with Crippen LogP contribution in [0.15, 0.2) is 77.9 Å². The Kier molecular flexibility index (Phi) is 8.40. The molecule has 0 aliphatic rings. The molecule has 0 spiro atoms. The molecule has 2 amide bonds. The van der Waals surface area contributed by atoms with E-state index in [-0.39, 0.29) is 6.42 Å². The van der Waals surface area contributed by atoms with Crippen molar-refractivity contribution in [1.82, 2.24) is 5.43 Å². The number of aryl methyl sites for hydroxylation is 1. The lowest BCUT2D eigenvalue weighted by molar-refractivity contribution is -0.126. The van der Waals surface area contributed by atoms with Gasteiger partial charge in [-0.3, -0.25) is 9.59 Å². The Bertz CT molecular complexity index is 1100. The van der Waals surface area contributed by atoms with E-state index in [1.807, 2.05) is 67.6 Å². The topological polar surface area (TPSA) is 79.8 Å². The minimum atomic E-state index is -0.493. The molecule has 3 aromatic rings. The van der Waals surface area contributed by atoms with Gasteiger partial charge in [-0.2, -0.15) is 5.10 Å². The molecule has 32 heavy (non-hydrogen) atoms. The second-order valence-electron chi connectivity index (χ2n) is 6.98. The Labute approximate surface area is 192 Å². The molecular weight excluding hydrogens is 426 g/mol. The van der Waals surface area contributed by atoms with Gasteiger partial charge in [0.25, 0.3) is 0 Å².